The van der Waals surface area contributed by atoms with Gasteiger partial charge in [-0.15, -0.1) is 0 Å². The molecule has 0 amide bonds. The number of rotatable bonds is 4. The summed E-state index contributed by atoms with van der Waals surface area (Å²) in [5, 5.41) is 0. The van der Waals surface area contributed by atoms with E-state index in [4.69, 9.17) is 5.84 Å². The van der Waals surface area contributed by atoms with Crippen molar-refractivity contribution in [2.45, 2.75) is 12.5 Å². The summed E-state index contributed by atoms with van der Waals surface area (Å²) in [6.45, 7) is 0. The SMILES string of the molecule is NNC(Cc1ccccc1)c1cncc(Br)c1. The molecular formula is C13H14BrN3. The van der Waals surface area contributed by atoms with E-state index in [2.05, 4.69) is 38.5 Å². The van der Waals surface area contributed by atoms with Gasteiger partial charge in [0, 0.05) is 16.9 Å². The monoisotopic (exact) mass is 291 g/mol. The largest absolute Gasteiger partial charge is 0.271 e. The van der Waals surface area contributed by atoms with Crippen molar-refractivity contribution in [2.75, 3.05) is 0 Å². The zero-order chi connectivity index (χ0) is 12.1. The smallest absolute Gasteiger partial charge is 0.0515 e. The minimum Gasteiger partial charge on any atom is -0.271 e. The third-order valence-electron chi connectivity index (χ3n) is 2.61. The van der Waals surface area contributed by atoms with E-state index in [1.165, 1.54) is 5.56 Å². The number of aromatic nitrogens is 1. The Hall–Kier alpha value is -1.23. The van der Waals surface area contributed by atoms with Crippen LogP contribution in [0.4, 0.5) is 0 Å². The summed E-state index contributed by atoms with van der Waals surface area (Å²) in [5.41, 5.74) is 5.15. The molecule has 17 heavy (non-hydrogen) atoms. The molecule has 0 fully saturated rings. The summed E-state index contributed by atoms with van der Waals surface area (Å²) < 4.78 is 0.961. The maximum absolute atomic E-state index is 5.61. The first-order valence-electron chi connectivity index (χ1n) is 5.40. The number of nitrogens with two attached hydrogens (primary N) is 1. The van der Waals surface area contributed by atoms with Gasteiger partial charge >= 0.3 is 0 Å². The molecule has 1 unspecified atom stereocenters. The van der Waals surface area contributed by atoms with E-state index >= 15 is 0 Å². The molecule has 0 aliphatic carbocycles. The van der Waals surface area contributed by atoms with Crippen molar-refractivity contribution in [2.24, 2.45) is 5.84 Å². The van der Waals surface area contributed by atoms with Gasteiger partial charge in [-0.2, -0.15) is 0 Å². The third-order valence-corrected chi connectivity index (χ3v) is 3.05. The zero-order valence-corrected chi connectivity index (χ0v) is 10.9. The van der Waals surface area contributed by atoms with Crippen molar-refractivity contribution >= 4 is 15.9 Å². The lowest BCUT2D eigenvalue weighted by atomic mass is 10.0. The van der Waals surface area contributed by atoms with E-state index in [9.17, 15) is 0 Å². The fraction of sp³-hybridized carbons (Fsp3) is 0.154. The lowest BCUT2D eigenvalue weighted by molar-refractivity contribution is 0.550. The second kappa shape index (κ2) is 5.91. The Balaban J connectivity index is 2.17. The van der Waals surface area contributed by atoms with E-state index in [1.807, 2.05) is 30.5 Å². The molecule has 1 atom stereocenters. The van der Waals surface area contributed by atoms with Gasteiger partial charge in [-0.1, -0.05) is 30.3 Å². The topological polar surface area (TPSA) is 50.9 Å². The molecule has 1 aromatic carbocycles. The second-order valence-electron chi connectivity index (χ2n) is 3.85. The summed E-state index contributed by atoms with van der Waals surface area (Å²) in [6.07, 6.45) is 4.44. The maximum atomic E-state index is 5.61. The van der Waals surface area contributed by atoms with Crippen LogP contribution in [0, 0.1) is 0 Å². The van der Waals surface area contributed by atoms with Crippen LogP contribution in [0.5, 0.6) is 0 Å². The van der Waals surface area contributed by atoms with E-state index in [0.29, 0.717) is 0 Å². The van der Waals surface area contributed by atoms with Crippen molar-refractivity contribution in [3.63, 3.8) is 0 Å². The van der Waals surface area contributed by atoms with E-state index in [-0.39, 0.29) is 6.04 Å². The van der Waals surface area contributed by atoms with Crippen molar-refractivity contribution in [3.05, 3.63) is 64.4 Å². The molecule has 4 heteroatoms. The summed E-state index contributed by atoms with van der Waals surface area (Å²) in [4.78, 5) is 4.15. The Bertz CT molecular complexity index is 473. The molecule has 0 spiro atoms. The van der Waals surface area contributed by atoms with Crippen molar-refractivity contribution in [1.29, 1.82) is 0 Å². The minimum atomic E-state index is 0.0717. The number of hydrogen-bond acceptors (Lipinski definition) is 3. The van der Waals surface area contributed by atoms with Crippen molar-refractivity contribution in [3.8, 4) is 0 Å². The second-order valence-corrected chi connectivity index (χ2v) is 4.76. The average molecular weight is 292 g/mol. The first kappa shape index (κ1) is 12.2. The van der Waals surface area contributed by atoms with Gasteiger partial charge in [0.05, 0.1) is 6.04 Å². The lowest BCUT2D eigenvalue weighted by Gasteiger charge is -2.16. The van der Waals surface area contributed by atoms with E-state index < -0.39 is 0 Å². The van der Waals surface area contributed by atoms with Crippen LogP contribution in [0.2, 0.25) is 0 Å². The zero-order valence-electron chi connectivity index (χ0n) is 9.31. The van der Waals surface area contributed by atoms with Crippen LogP contribution in [0.1, 0.15) is 17.2 Å². The summed E-state index contributed by atoms with van der Waals surface area (Å²) in [5.74, 6) is 5.61. The molecule has 0 aliphatic rings. The lowest BCUT2D eigenvalue weighted by Crippen LogP contribution is -2.29. The molecule has 3 N–H and O–H groups in total. The Morgan fingerprint density at radius 1 is 1.24 bits per heavy atom. The fourth-order valence-electron chi connectivity index (χ4n) is 1.74. The fourth-order valence-corrected chi connectivity index (χ4v) is 2.12. The van der Waals surface area contributed by atoms with Crippen LogP contribution in [0.15, 0.2) is 53.3 Å². The van der Waals surface area contributed by atoms with Crippen LogP contribution in [-0.2, 0) is 6.42 Å². The first-order valence-corrected chi connectivity index (χ1v) is 6.19. The van der Waals surface area contributed by atoms with Gasteiger partial charge in [0.15, 0.2) is 0 Å². The van der Waals surface area contributed by atoms with E-state index in [1.54, 1.807) is 6.20 Å². The highest BCUT2D eigenvalue weighted by Crippen LogP contribution is 2.19. The number of pyridine rings is 1. The van der Waals surface area contributed by atoms with Crippen molar-refractivity contribution in [1.82, 2.24) is 10.4 Å². The number of hydrazine groups is 1. The quantitative estimate of drug-likeness (QED) is 0.672. The number of hydrogen-bond donors (Lipinski definition) is 2. The van der Waals surface area contributed by atoms with Gasteiger partial charge in [-0.25, -0.2) is 0 Å². The summed E-state index contributed by atoms with van der Waals surface area (Å²) in [6, 6.07) is 12.4. The standard InChI is InChI=1S/C13H14BrN3/c14-12-7-11(8-16-9-12)13(17-15)6-10-4-2-1-3-5-10/h1-5,7-9,13,17H,6,15H2. The highest BCUT2D eigenvalue weighted by Gasteiger charge is 2.10. The Labute approximate surface area is 109 Å². The molecule has 0 radical (unpaired) electrons. The molecular weight excluding hydrogens is 278 g/mol. The average Bonchev–Trinajstić information content (AvgIpc) is 2.37. The number of halogens is 1. The first-order chi connectivity index (χ1) is 8.29. The van der Waals surface area contributed by atoms with Gasteiger partial charge < -0.3 is 0 Å². The predicted octanol–water partition coefficient (Wildman–Crippen LogP) is 2.59. The Morgan fingerprint density at radius 3 is 2.65 bits per heavy atom. The summed E-state index contributed by atoms with van der Waals surface area (Å²) in [7, 11) is 0. The Morgan fingerprint density at radius 2 is 2.00 bits per heavy atom. The molecule has 0 saturated heterocycles. The molecule has 1 heterocycles. The molecule has 3 nitrogen and oxygen atoms in total. The minimum absolute atomic E-state index is 0.0717. The highest BCUT2D eigenvalue weighted by molar-refractivity contribution is 9.10. The molecule has 2 aromatic rings. The highest BCUT2D eigenvalue weighted by atomic mass is 79.9. The van der Waals surface area contributed by atoms with Gasteiger partial charge in [0.1, 0.15) is 0 Å². The Kier molecular flexibility index (Phi) is 4.25. The van der Waals surface area contributed by atoms with Crippen LogP contribution in [-0.4, -0.2) is 4.98 Å². The molecule has 88 valence electrons. The summed E-state index contributed by atoms with van der Waals surface area (Å²) >= 11 is 3.41. The number of nitrogens with zero attached hydrogens (tertiary/aromatic N) is 1. The van der Waals surface area contributed by atoms with Crippen LogP contribution < -0.4 is 11.3 Å². The normalized spacial score (nSPS) is 12.4. The van der Waals surface area contributed by atoms with Crippen molar-refractivity contribution < 1.29 is 0 Å². The van der Waals surface area contributed by atoms with Crippen LogP contribution in [0.3, 0.4) is 0 Å². The molecule has 2 rings (SSSR count). The molecule has 0 aliphatic heterocycles. The number of nitrogens with one attached hydrogen (secondary N) is 1. The van der Waals surface area contributed by atoms with Crippen LogP contribution in [0.25, 0.3) is 0 Å². The third kappa shape index (κ3) is 3.36. The van der Waals surface area contributed by atoms with Crippen LogP contribution >= 0.6 is 15.9 Å². The predicted molar refractivity (Wildman–Crippen MR) is 72.1 cm³/mol. The maximum Gasteiger partial charge on any atom is 0.0515 e. The van der Waals surface area contributed by atoms with Gasteiger partial charge in [0.25, 0.3) is 0 Å². The molecule has 1 aromatic heterocycles. The van der Waals surface area contributed by atoms with E-state index in [0.717, 1.165) is 16.5 Å². The van der Waals surface area contributed by atoms with Gasteiger partial charge in [-0.3, -0.25) is 16.3 Å². The van der Waals surface area contributed by atoms with Gasteiger partial charge in [-0.05, 0) is 39.5 Å². The van der Waals surface area contributed by atoms with Gasteiger partial charge in [0.2, 0.25) is 0 Å². The number of benzene rings is 1. The molecule has 0 bridgehead atoms. The molecule has 0 saturated carbocycles.